The van der Waals surface area contributed by atoms with Crippen LogP contribution in [0.1, 0.15) is 69.9 Å². The van der Waals surface area contributed by atoms with E-state index in [4.69, 9.17) is 9.47 Å². The molecule has 2 heterocycles. The Labute approximate surface area is 173 Å². The average Bonchev–Trinajstić information content (AvgIpc) is 3.19. The zero-order valence-electron chi connectivity index (χ0n) is 17.5. The van der Waals surface area contributed by atoms with Crippen LogP contribution in [0.3, 0.4) is 0 Å². The number of amides is 1. The molecule has 6 heteroatoms. The summed E-state index contributed by atoms with van der Waals surface area (Å²) in [7, 11) is 0. The molecule has 6 nitrogen and oxygen atoms in total. The van der Waals surface area contributed by atoms with Gasteiger partial charge in [0.05, 0.1) is 12.1 Å². The highest BCUT2D eigenvalue weighted by molar-refractivity contribution is 5.78. The van der Waals surface area contributed by atoms with Crippen molar-refractivity contribution in [2.45, 2.75) is 69.9 Å². The Morgan fingerprint density at radius 1 is 1.24 bits per heavy atom. The first-order valence-electron chi connectivity index (χ1n) is 11.2. The predicted molar refractivity (Wildman–Crippen MR) is 111 cm³/mol. The second kappa shape index (κ2) is 8.92. The molecule has 2 aliphatic heterocycles. The van der Waals surface area contributed by atoms with E-state index in [-0.39, 0.29) is 24.7 Å². The minimum absolute atomic E-state index is 0.0185. The van der Waals surface area contributed by atoms with Gasteiger partial charge in [-0.05, 0) is 43.4 Å². The van der Waals surface area contributed by atoms with Gasteiger partial charge in [-0.1, -0.05) is 38.7 Å². The molecule has 1 aliphatic carbocycles. The van der Waals surface area contributed by atoms with Gasteiger partial charge in [-0.3, -0.25) is 9.69 Å². The van der Waals surface area contributed by atoms with Crippen LogP contribution in [0.5, 0.6) is 11.5 Å². The lowest BCUT2D eigenvalue weighted by Crippen LogP contribution is -2.56. The fourth-order valence-corrected chi connectivity index (χ4v) is 5.30. The second-order valence-electron chi connectivity index (χ2n) is 8.79. The Bertz CT molecular complexity index is 725. The molecule has 1 aromatic carbocycles. The highest BCUT2D eigenvalue weighted by Gasteiger charge is 2.49. The number of aliphatic hydroxyl groups is 1. The second-order valence-corrected chi connectivity index (χ2v) is 8.79. The summed E-state index contributed by atoms with van der Waals surface area (Å²) in [5, 5.41) is 14.5. The first-order valence-corrected chi connectivity index (χ1v) is 11.2. The van der Waals surface area contributed by atoms with Crippen LogP contribution in [0.4, 0.5) is 0 Å². The van der Waals surface area contributed by atoms with Gasteiger partial charge in [-0.25, -0.2) is 0 Å². The van der Waals surface area contributed by atoms with Gasteiger partial charge in [-0.2, -0.15) is 0 Å². The van der Waals surface area contributed by atoms with Gasteiger partial charge in [-0.15, -0.1) is 0 Å². The summed E-state index contributed by atoms with van der Waals surface area (Å²) in [5.41, 5.74) is 0.478. The molecule has 1 amide bonds. The molecule has 1 saturated carbocycles. The van der Waals surface area contributed by atoms with Crippen LogP contribution >= 0.6 is 0 Å². The molecule has 2 fully saturated rings. The first kappa shape index (κ1) is 20.5. The predicted octanol–water partition coefficient (Wildman–Crippen LogP) is 3.39. The number of nitrogens with zero attached hydrogens (tertiary/aromatic N) is 1. The zero-order chi connectivity index (χ0) is 20.3. The van der Waals surface area contributed by atoms with Gasteiger partial charge < -0.3 is 19.9 Å². The monoisotopic (exact) mass is 402 g/mol. The summed E-state index contributed by atoms with van der Waals surface area (Å²) >= 11 is 0. The van der Waals surface area contributed by atoms with Crippen molar-refractivity contribution < 1.29 is 19.4 Å². The molecule has 1 aromatic rings. The number of unbranched alkanes of at least 4 members (excludes halogenated alkanes) is 2. The number of hydrogen-bond acceptors (Lipinski definition) is 5. The molecule has 0 radical (unpaired) electrons. The first-order chi connectivity index (χ1) is 14.1. The van der Waals surface area contributed by atoms with E-state index in [1.165, 1.54) is 0 Å². The SMILES string of the molecule is CCCCCNC(=O)CN1CCC2(O)CCCCC2[C@@H]1c1ccc2c(c1)OCO2. The van der Waals surface area contributed by atoms with E-state index in [1.54, 1.807) is 0 Å². The van der Waals surface area contributed by atoms with E-state index in [9.17, 15) is 9.90 Å². The quantitative estimate of drug-likeness (QED) is 0.684. The molecule has 2 N–H and O–H groups in total. The molecule has 0 bridgehead atoms. The summed E-state index contributed by atoms with van der Waals surface area (Å²) in [4.78, 5) is 14.9. The fourth-order valence-electron chi connectivity index (χ4n) is 5.30. The summed E-state index contributed by atoms with van der Waals surface area (Å²) in [6.07, 6.45) is 8.11. The topological polar surface area (TPSA) is 71.0 Å². The van der Waals surface area contributed by atoms with E-state index in [1.807, 2.05) is 12.1 Å². The molecule has 2 unspecified atom stereocenters. The number of ether oxygens (including phenoxy) is 2. The number of piperidine rings is 1. The van der Waals surface area contributed by atoms with Crippen molar-refractivity contribution in [2.75, 3.05) is 26.4 Å². The number of benzene rings is 1. The zero-order valence-corrected chi connectivity index (χ0v) is 17.5. The maximum Gasteiger partial charge on any atom is 0.234 e. The molecule has 0 aromatic heterocycles. The number of carbonyl (C=O) groups is 1. The van der Waals surface area contributed by atoms with Gasteiger partial charge in [0, 0.05) is 25.0 Å². The van der Waals surface area contributed by atoms with E-state index in [0.717, 1.165) is 81.5 Å². The van der Waals surface area contributed by atoms with Crippen LogP contribution < -0.4 is 14.8 Å². The Hall–Kier alpha value is -1.79. The van der Waals surface area contributed by atoms with Crippen molar-refractivity contribution in [1.29, 1.82) is 0 Å². The molecule has 3 atom stereocenters. The minimum atomic E-state index is -0.632. The third kappa shape index (κ3) is 4.38. The minimum Gasteiger partial charge on any atom is -0.454 e. The number of rotatable bonds is 7. The van der Waals surface area contributed by atoms with Crippen molar-refractivity contribution >= 4 is 5.91 Å². The summed E-state index contributed by atoms with van der Waals surface area (Å²) < 4.78 is 11.1. The largest absolute Gasteiger partial charge is 0.454 e. The average molecular weight is 403 g/mol. The highest BCUT2D eigenvalue weighted by atomic mass is 16.7. The van der Waals surface area contributed by atoms with E-state index in [2.05, 4.69) is 23.2 Å². The Morgan fingerprint density at radius 2 is 2.10 bits per heavy atom. The third-order valence-electron chi connectivity index (χ3n) is 6.86. The van der Waals surface area contributed by atoms with Gasteiger partial charge >= 0.3 is 0 Å². The highest BCUT2D eigenvalue weighted by Crippen LogP contribution is 2.50. The Kier molecular flexibility index (Phi) is 6.30. The van der Waals surface area contributed by atoms with Crippen molar-refractivity contribution in [2.24, 2.45) is 5.92 Å². The molecule has 3 aliphatic rings. The number of carbonyl (C=O) groups excluding carboxylic acids is 1. The van der Waals surface area contributed by atoms with Crippen LogP contribution in [0.2, 0.25) is 0 Å². The normalized spacial score (nSPS) is 28.8. The van der Waals surface area contributed by atoms with Crippen LogP contribution in [0.15, 0.2) is 18.2 Å². The summed E-state index contributed by atoms with van der Waals surface area (Å²) in [5.74, 6) is 1.74. The molecule has 1 saturated heterocycles. The van der Waals surface area contributed by atoms with Crippen LogP contribution in [-0.4, -0.2) is 47.9 Å². The molecule has 0 spiro atoms. The smallest absolute Gasteiger partial charge is 0.234 e. The van der Waals surface area contributed by atoms with Gasteiger partial charge in [0.25, 0.3) is 0 Å². The summed E-state index contributed by atoms with van der Waals surface area (Å²) in [6, 6.07) is 6.09. The van der Waals surface area contributed by atoms with Crippen molar-refractivity contribution in [3.05, 3.63) is 23.8 Å². The fraction of sp³-hybridized carbons (Fsp3) is 0.696. The van der Waals surface area contributed by atoms with E-state index < -0.39 is 5.60 Å². The number of nitrogens with one attached hydrogen (secondary N) is 1. The lowest BCUT2D eigenvalue weighted by atomic mass is 9.66. The van der Waals surface area contributed by atoms with Crippen molar-refractivity contribution in [1.82, 2.24) is 10.2 Å². The van der Waals surface area contributed by atoms with Crippen molar-refractivity contribution in [3.8, 4) is 11.5 Å². The van der Waals surface area contributed by atoms with Gasteiger partial charge in [0.1, 0.15) is 0 Å². The molecular weight excluding hydrogens is 368 g/mol. The van der Waals surface area contributed by atoms with E-state index >= 15 is 0 Å². The maximum atomic E-state index is 12.6. The van der Waals surface area contributed by atoms with Gasteiger partial charge in [0.15, 0.2) is 11.5 Å². The lowest BCUT2D eigenvalue weighted by molar-refractivity contribution is -0.137. The molecular formula is C23H34N2O4. The maximum absolute atomic E-state index is 12.6. The molecule has 29 heavy (non-hydrogen) atoms. The number of hydrogen-bond donors (Lipinski definition) is 2. The summed E-state index contributed by atoms with van der Waals surface area (Å²) in [6.45, 7) is 4.26. The Balaban J connectivity index is 1.54. The molecule has 160 valence electrons. The lowest BCUT2D eigenvalue weighted by Gasteiger charge is -2.52. The van der Waals surface area contributed by atoms with Crippen LogP contribution in [-0.2, 0) is 4.79 Å². The third-order valence-corrected chi connectivity index (χ3v) is 6.86. The van der Waals surface area contributed by atoms with Crippen molar-refractivity contribution in [3.63, 3.8) is 0 Å². The number of fused-ring (bicyclic) bond motifs is 2. The molecule has 4 rings (SSSR count). The van der Waals surface area contributed by atoms with E-state index in [0.29, 0.717) is 6.54 Å². The standard InChI is InChI=1S/C23H34N2O4/c1-2-3-6-12-24-21(26)15-25-13-11-23(27)10-5-4-7-18(23)22(25)17-8-9-19-20(14-17)29-16-28-19/h8-9,14,18,22,27H,2-7,10-13,15-16H2,1H3,(H,24,26)/t18?,22-,23?/m0/s1. The van der Waals surface area contributed by atoms with Crippen LogP contribution in [0, 0.1) is 5.92 Å². The van der Waals surface area contributed by atoms with Crippen LogP contribution in [0.25, 0.3) is 0 Å². The van der Waals surface area contributed by atoms with Gasteiger partial charge in [0.2, 0.25) is 12.7 Å². The Morgan fingerprint density at radius 3 is 2.97 bits per heavy atom. The number of likely N-dealkylation sites (tertiary alicyclic amines) is 1.